The van der Waals surface area contributed by atoms with Gasteiger partial charge >= 0.3 is 5.97 Å². The molecule has 8 heteroatoms. The lowest BCUT2D eigenvalue weighted by atomic mass is 9.92. The summed E-state index contributed by atoms with van der Waals surface area (Å²) >= 11 is 6.04. The van der Waals surface area contributed by atoms with E-state index in [2.05, 4.69) is 10.2 Å². The largest absolute Gasteiger partial charge is 0.496 e. The number of nitrogens with two attached hydrogens (primary N) is 1. The lowest BCUT2D eigenvalue weighted by Crippen LogP contribution is -2.35. The third-order valence-corrected chi connectivity index (χ3v) is 5.83. The molecular formula is C22H34ClN3O4. The van der Waals surface area contributed by atoms with Crippen LogP contribution in [0.3, 0.4) is 0 Å². The molecule has 0 unspecified atom stereocenters. The quantitative estimate of drug-likeness (QED) is 0.311. The van der Waals surface area contributed by atoms with Gasteiger partial charge in [-0.15, -0.1) is 0 Å². The molecule has 1 amide bonds. The second-order valence-electron chi connectivity index (χ2n) is 7.67. The summed E-state index contributed by atoms with van der Waals surface area (Å²) in [6.07, 6.45) is 5.70. The average molecular weight is 440 g/mol. The van der Waals surface area contributed by atoms with Crippen LogP contribution in [0.25, 0.3) is 0 Å². The lowest BCUT2D eigenvalue weighted by molar-refractivity contribution is -0.143. The van der Waals surface area contributed by atoms with Crippen molar-refractivity contribution in [3.05, 3.63) is 22.7 Å². The molecule has 7 nitrogen and oxygen atoms in total. The SMILES string of the molecule is CCOC(=O)CCCN1CCC(CCCNC(=O)c2cc(Cl)c(N)cc2OC)CC1. The number of likely N-dealkylation sites (tertiary alicyclic amines) is 1. The van der Waals surface area contributed by atoms with Gasteiger partial charge in [-0.1, -0.05) is 11.6 Å². The minimum Gasteiger partial charge on any atom is -0.496 e. The van der Waals surface area contributed by atoms with Gasteiger partial charge in [0.05, 0.1) is 30.0 Å². The number of methoxy groups -OCH3 is 1. The molecule has 1 aromatic carbocycles. The number of nitrogen functional groups attached to an aromatic ring is 1. The van der Waals surface area contributed by atoms with Crippen molar-refractivity contribution in [3.63, 3.8) is 0 Å². The number of rotatable bonds is 11. The number of nitrogens with one attached hydrogen (secondary N) is 1. The summed E-state index contributed by atoms with van der Waals surface area (Å²) in [6, 6.07) is 3.11. The van der Waals surface area contributed by atoms with Crippen molar-refractivity contribution in [2.75, 3.05) is 45.6 Å². The van der Waals surface area contributed by atoms with Gasteiger partial charge in [0.1, 0.15) is 5.75 Å². The van der Waals surface area contributed by atoms with Gasteiger partial charge in [-0.25, -0.2) is 0 Å². The summed E-state index contributed by atoms with van der Waals surface area (Å²) < 4.78 is 10.2. The average Bonchev–Trinajstić information content (AvgIpc) is 2.74. The van der Waals surface area contributed by atoms with Crippen LogP contribution < -0.4 is 15.8 Å². The number of halogens is 1. The summed E-state index contributed by atoms with van der Waals surface area (Å²) in [7, 11) is 1.50. The molecule has 3 N–H and O–H groups in total. The zero-order valence-electron chi connectivity index (χ0n) is 18.0. The molecule has 1 aliphatic heterocycles. The number of anilines is 1. The van der Waals surface area contributed by atoms with E-state index in [-0.39, 0.29) is 11.9 Å². The molecule has 30 heavy (non-hydrogen) atoms. The lowest BCUT2D eigenvalue weighted by Gasteiger charge is -2.31. The third-order valence-electron chi connectivity index (χ3n) is 5.51. The monoisotopic (exact) mass is 439 g/mol. The van der Waals surface area contributed by atoms with Crippen LogP contribution in [0.5, 0.6) is 5.75 Å². The number of carbonyl (C=O) groups is 2. The van der Waals surface area contributed by atoms with E-state index in [0.29, 0.717) is 47.5 Å². The number of ether oxygens (including phenoxy) is 2. The number of hydrogen-bond acceptors (Lipinski definition) is 6. The van der Waals surface area contributed by atoms with Crippen LogP contribution in [0.4, 0.5) is 5.69 Å². The smallest absolute Gasteiger partial charge is 0.305 e. The molecule has 1 aliphatic rings. The zero-order valence-corrected chi connectivity index (χ0v) is 18.8. The van der Waals surface area contributed by atoms with E-state index in [1.807, 2.05) is 6.92 Å². The first-order chi connectivity index (χ1) is 14.4. The maximum absolute atomic E-state index is 12.4. The van der Waals surface area contributed by atoms with E-state index >= 15 is 0 Å². The Morgan fingerprint density at radius 2 is 2.00 bits per heavy atom. The summed E-state index contributed by atoms with van der Waals surface area (Å²) in [5.41, 5.74) is 6.55. The van der Waals surface area contributed by atoms with Crippen LogP contribution in [-0.4, -0.2) is 56.7 Å². The van der Waals surface area contributed by atoms with Gasteiger partial charge in [0.15, 0.2) is 0 Å². The molecule has 2 rings (SSSR count). The molecular weight excluding hydrogens is 406 g/mol. The molecule has 1 fully saturated rings. The van der Waals surface area contributed by atoms with E-state index in [9.17, 15) is 9.59 Å². The third kappa shape index (κ3) is 7.69. The fourth-order valence-corrected chi connectivity index (χ4v) is 3.95. The highest BCUT2D eigenvalue weighted by molar-refractivity contribution is 6.33. The number of piperidine rings is 1. The molecule has 1 saturated heterocycles. The fraction of sp³-hybridized carbons (Fsp3) is 0.636. The van der Waals surface area contributed by atoms with Crippen molar-refractivity contribution in [1.82, 2.24) is 10.2 Å². The van der Waals surface area contributed by atoms with Crippen molar-refractivity contribution < 1.29 is 19.1 Å². The van der Waals surface area contributed by atoms with Crippen molar-refractivity contribution in [2.45, 2.75) is 45.4 Å². The van der Waals surface area contributed by atoms with Crippen LogP contribution in [0.15, 0.2) is 12.1 Å². The standard InChI is InChI=1S/C22H34ClN3O4/c1-3-30-21(27)7-5-11-26-12-8-16(9-13-26)6-4-10-25-22(28)17-14-18(23)19(24)15-20(17)29-2/h14-16H,3-13,24H2,1-2H3,(H,25,28). The highest BCUT2D eigenvalue weighted by Crippen LogP contribution is 2.29. The molecule has 0 spiro atoms. The first kappa shape index (κ1) is 24.3. The summed E-state index contributed by atoms with van der Waals surface area (Å²) in [5, 5.41) is 3.29. The zero-order chi connectivity index (χ0) is 21.9. The van der Waals surface area contributed by atoms with Gasteiger partial charge < -0.3 is 25.4 Å². The molecule has 0 saturated carbocycles. The first-order valence-electron chi connectivity index (χ1n) is 10.7. The van der Waals surface area contributed by atoms with Crippen LogP contribution >= 0.6 is 11.6 Å². The Morgan fingerprint density at radius 1 is 1.27 bits per heavy atom. The van der Waals surface area contributed by atoms with E-state index in [1.165, 1.54) is 7.11 Å². The first-order valence-corrected chi connectivity index (χ1v) is 11.1. The maximum Gasteiger partial charge on any atom is 0.305 e. The molecule has 0 aliphatic carbocycles. The maximum atomic E-state index is 12.4. The minimum absolute atomic E-state index is 0.103. The molecule has 168 valence electrons. The van der Waals surface area contributed by atoms with E-state index in [4.69, 9.17) is 26.8 Å². The Kier molecular flexibility index (Phi) is 10.2. The molecule has 0 aromatic heterocycles. The summed E-state index contributed by atoms with van der Waals surface area (Å²) in [4.78, 5) is 26.3. The van der Waals surface area contributed by atoms with Crippen molar-refractivity contribution in [2.24, 2.45) is 5.92 Å². The highest BCUT2D eigenvalue weighted by atomic mass is 35.5. The fourth-order valence-electron chi connectivity index (χ4n) is 3.78. The van der Waals surface area contributed by atoms with Crippen LogP contribution in [0.2, 0.25) is 5.02 Å². The molecule has 0 atom stereocenters. The van der Waals surface area contributed by atoms with Gasteiger partial charge in [0.25, 0.3) is 5.91 Å². The summed E-state index contributed by atoms with van der Waals surface area (Å²) in [6.45, 7) is 5.99. The number of amides is 1. The van der Waals surface area contributed by atoms with Crippen molar-refractivity contribution in [1.29, 1.82) is 0 Å². The number of esters is 1. The van der Waals surface area contributed by atoms with Crippen molar-refractivity contribution >= 4 is 29.2 Å². The van der Waals surface area contributed by atoms with Gasteiger partial charge in [0.2, 0.25) is 0 Å². The Bertz CT molecular complexity index is 706. The second kappa shape index (κ2) is 12.6. The van der Waals surface area contributed by atoms with Crippen LogP contribution in [-0.2, 0) is 9.53 Å². The number of nitrogens with zero attached hydrogens (tertiary/aromatic N) is 1. The van der Waals surface area contributed by atoms with Crippen LogP contribution in [0, 0.1) is 5.92 Å². The Morgan fingerprint density at radius 3 is 2.67 bits per heavy atom. The van der Waals surface area contributed by atoms with Crippen molar-refractivity contribution in [3.8, 4) is 5.75 Å². The van der Waals surface area contributed by atoms with Gasteiger partial charge in [-0.2, -0.15) is 0 Å². The normalized spacial score (nSPS) is 15.0. The molecule has 0 bridgehead atoms. The Labute approximate surface area is 184 Å². The predicted octanol–water partition coefficient (Wildman–Crippen LogP) is 3.50. The topological polar surface area (TPSA) is 93.9 Å². The number of carbonyl (C=O) groups excluding carboxylic acids is 2. The van der Waals surface area contributed by atoms with Gasteiger partial charge in [-0.05, 0) is 70.6 Å². The van der Waals surface area contributed by atoms with E-state index in [0.717, 1.165) is 51.7 Å². The second-order valence-corrected chi connectivity index (χ2v) is 8.07. The number of hydrogen-bond donors (Lipinski definition) is 2. The molecule has 0 radical (unpaired) electrons. The molecule has 1 aromatic rings. The van der Waals surface area contributed by atoms with Crippen LogP contribution in [0.1, 0.15) is 55.8 Å². The Hall–Kier alpha value is -1.99. The van der Waals surface area contributed by atoms with Gasteiger partial charge in [0, 0.05) is 19.0 Å². The van der Waals surface area contributed by atoms with E-state index in [1.54, 1.807) is 12.1 Å². The summed E-state index contributed by atoms with van der Waals surface area (Å²) in [5.74, 6) is 0.798. The highest BCUT2D eigenvalue weighted by Gasteiger charge is 2.19. The van der Waals surface area contributed by atoms with Gasteiger partial charge in [-0.3, -0.25) is 9.59 Å². The number of benzene rings is 1. The Balaban J connectivity index is 1.63. The van der Waals surface area contributed by atoms with E-state index < -0.39 is 0 Å². The predicted molar refractivity (Wildman–Crippen MR) is 119 cm³/mol. The molecule has 1 heterocycles. The minimum atomic E-state index is -0.204.